The average molecular weight is 302 g/mol. The Morgan fingerprint density at radius 2 is 2.17 bits per heavy atom. The molecule has 1 saturated heterocycles. The molecule has 1 heterocycles. The molecule has 0 saturated carbocycles. The number of amides is 1. The van der Waals surface area contributed by atoms with Gasteiger partial charge in [-0.1, -0.05) is 0 Å². The molecule has 110 valence electrons. The van der Waals surface area contributed by atoms with Crippen molar-refractivity contribution in [1.29, 1.82) is 0 Å². The summed E-state index contributed by atoms with van der Waals surface area (Å²) in [6, 6.07) is 0.504. The summed E-state index contributed by atoms with van der Waals surface area (Å²) >= 11 is 0. The monoisotopic (exact) mass is 301 g/mol. The van der Waals surface area contributed by atoms with Crippen LogP contribution < -0.4 is 10.6 Å². The molecule has 18 heavy (non-hydrogen) atoms. The van der Waals surface area contributed by atoms with Crippen LogP contribution in [0.4, 0.5) is 0 Å². The van der Waals surface area contributed by atoms with Crippen molar-refractivity contribution in [3.63, 3.8) is 0 Å². The van der Waals surface area contributed by atoms with Crippen molar-refractivity contribution >= 4 is 30.7 Å². The van der Waals surface area contributed by atoms with E-state index in [2.05, 4.69) is 36.4 Å². The lowest BCUT2D eigenvalue weighted by atomic mass is 10.3. The molecule has 0 aromatic rings. The number of nitrogens with zero attached hydrogens (tertiary/aromatic N) is 1. The molecule has 2 N–H and O–H groups in total. The maximum atomic E-state index is 11.7. The number of rotatable bonds is 5. The van der Waals surface area contributed by atoms with Crippen molar-refractivity contribution in [3.05, 3.63) is 0 Å². The molecular weight excluding hydrogens is 277 g/mol. The van der Waals surface area contributed by atoms with Gasteiger partial charge in [-0.05, 0) is 20.9 Å². The molecule has 0 radical (unpaired) electrons. The van der Waals surface area contributed by atoms with Crippen LogP contribution in [0.25, 0.3) is 0 Å². The van der Waals surface area contributed by atoms with Crippen molar-refractivity contribution in [2.24, 2.45) is 0 Å². The second-order valence-corrected chi connectivity index (χ2v) is 4.43. The van der Waals surface area contributed by atoms with E-state index in [1.165, 1.54) is 0 Å². The fourth-order valence-corrected chi connectivity index (χ4v) is 1.46. The van der Waals surface area contributed by atoms with Crippen molar-refractivity contribution in [2.45, 2.75) is 26.0 Å². The highest BCUT2D eigenvalue weighted by molar-refractivity contribution is 5.85. The number of hydrogen-bond donors (Lipinski definition) is 2. The van der Waals surface area contributed by atoms with Crippen LogP contribution in [0.3, 0.4) is 0 Å². The van der Waals surface area contributed by atoms with E-state index in [0.29, 0.717) is 25.7 Å². The van der Waals surface area contributed by atoms with Gasteiger partial charge >= 0.3 is 0 Å². The first-order valence-corrected chi connectivity index (χ1v) is 5.91. The zero-order valence-corrected chi connectivity index (χ0v) is 12.9. The Hall–Kier alpha value is -0.0700. The number of morpholine rings is 1. The molecular formula is C11H25Cl2N3O2. The van der Waals surface area contributed by atoms with Gasteiger partial charge in [0.1, 0.15) is 6.10 Å². The number of nitrogens with one attached hydrogen (secondary N) is 2. The van der Waals surface area contributed by atoms with E-state index in [1.807, 2.05) is 0 Å². The first kappa shape index (κ1) is 20.3. The molecule has 1 rings (SSSR count). The Morgan fingerprint density at radius 1 is 1.50 bits per heavy atom. The molecule has 7 heteroatoms. The number of carbonyl (C=O) groups excluding carboxylic acids is 1. The molecule has 1 amide bonds. The summed E-state index contributed by atoms with van der Waals surface area (Å²) in [5.41, 5.74) is 0. The number of ether oxygens (including phenoxy) is 1. The first-order valence-electron chi connectivity index (χ1n) is 5.91. The quantitative estimate of drug-likeness (QED) is 0.766. The van der Waals surface area contributed by atoms with Gasteiger partial charge < -0.3 is 20.3 Å². The smallest absolute Gasteiger partial charge is 0.250 e. The van der Waals surface area contributed by atoms with E-state index in [1.54, 1.807) is 0 Å². The van der Waals surface area contributed by atoms with Gasteiger partial charge in [0, 0.05) is 32.2 Å². The zero-order valence-electron chi connectivity index (χ0n) is 11.3. The molecule has 0 bridgehead atoms. The van der Waals surface area contributed by atoms with Crippen molar-refractivity contribution < 1.29 is 9.53 Å². The van der Waals surface area contributed by atoms with E-state index in [-0.39, 0.29) is 36.8 Å². The van der Waals surface area contributed by atoms with Gasteiger partial charge in [-0.2, -0.15) is 0 Å². The third kappa shape index (κ3) is 7.38. The van der Waals surface area contributed by atoms with Gasteiger partial charge in [-0.15, -0.1) is 24.8 Å². The number of halogens is 2. The van der Waals surface area contributed by atoms with E-state index < -0.39 is 0 Å². The van der Waals surface area contributed by atoms with Gasteiger partial charge in [0.05, 0.1) is 6.61 Å². The van der Waals surface area contributed by atoms with Crippen LogP contribution in [0.2, 0.25) is 0 Å². The molecule has 5 nitrogen and oxygen atoms in total. The average Bonchev–Trinajstić information content (AvgIpc) is 2.29. The van der Waals surface area contributed by atoms with Crippen LogP contribution >= 0.6 is 24.8 Å². The van der Waals surface area contributed by atoms with E-state index >= 15 is 0 Å². The summed E-state index contributed by atoms with van der Waals surface area (Å²) in [7, 11) is 2.05. The summed E-state index contributed by atoms with van der Waals surface area (Å²) in [6.07, 6.45) is -0.321. The predicted octanol–water partition coefficient (Wildman–Crippen LogP) is 0.275. The third-order valence-electron chi connectivity index (χ3n) is 2.87. The van der Waals surface area contributed by atoms with Crippen molar-refractivity contribution in [1.82, 2.24) is 15.5 Å². The minimum absolute atomic E-state index is 0. The van der Waals surface area contributed by atoms with Crippen LogP contribution in [-0.4, -0.2) is 62.8 Å². The van der Waals surface area contributed by atoms with Crippen LogP contribution in [0.1, 0.15) is 13.8 Å². The topological polar surface area (TPSA) is 53.6 Å². The van der Waals surface area contributed by atoms with Crippen LogP contribution in [0.5, 0.6) is 0 Å². The molecule has 1 fully saturated rings. The Morgan fingerprint density at radius 3 is 2.67 bits per heavy atom. The van der Waals surface area contributed by atoms with Gasteiger partial charge in [-0.25, -0.2) is 0 Å². The summed E-state index contributed by atoms with van der Waals surface area (Å²) in [5.74, 6) is -0.00986. The molecule has 0 aromatic heterocycles. The lowest BCUT2D eigenvalue weighted by Crippen LogP contribution is -2.49. The normalized spacial score (nSPS) is 19.1. The fraction of sp³-hybridized carbons (Fsp3) is 0.909. The van der Waals surface area contributed by atoms with Crippen molar-refractivity contribution in [3.8, 4) is 0 Å². The molecule has 1 aliphatic heterocycles. The number of carbonyl (C=O) groups is 1. The van der Waals surface area contributed by atoms with E-state index in [4.69, 9.17) is 4.74 Å². The lowest BCUT2D eigenvalue weighted by molar-refractivity contribution is -0.134. The van der Waals surface area contributed by atoms with Gasteiger partial charge in [0.15, 0.2) is 0 Å². The summed E-state index contributed by atoms with van der Waals surface area (Å²) in [6.45, 7) is 7.87. The van der Waals surface area contributed by atoms with Crippen molar-refractivity contribution in [2.75, 3.05) is 39.8 Å². The van der Waals surface area contributed by atoms with E-state index in [0.717, 1.165) is 13.1 Å². The minimum atomic E-state index is -0.321. The molecule has 1 unspecified atom stereocenters. The van der Waals surface area contributed by atoms with Gasteiger partial charge in [-0.3, -0.25) is 4.79 Å². The Bertz CT molecular complexity index is 224. The molecule has 0 spiro atoms. The Labute approximate surface area is 122 Å². The standard InChI is InChI=1S/C11H23N3O2.2ClH/c1-9(2)14(3)6-4-13-11(15)10-8-12-5-7-16-10;;/h9-10,12H,4-8H2,1-3H3,(H,13,15);2*1H. The maximum absolute atomic E-state index is 11.7. The largest absolute Gasteiger partial charge is 0.366 e. The summed E-state index contributed by atoms with van der Waals surface area (Å²) < 4.78 is 5.36. The predicted molar refractivity (Wildman–Crippen MR) is 77.9 cm³/mol. The Balaban J connectivity index is 0. The first-order chi connectivity index (χ1) is 7.61. The highest BCUT2D eigenvalue weighted by Gasteiger charge is 2.21. The number of likely N-dealkylation sites (N-methyl/N-ethyl adjacent to an activating group) is 1. The van der Waals surface area contributed by atoms with Crippen LogP contribution in [0, 0.1) is 0 Å². The highest BCUT2D eigenvalue weighted by atomic mass is 35.5. The zero-order chi connectivity index (χ0) is 12.0. The number of hydrogen-bond acceptors (Lipinski definition) is 4. The fourth-order valence-electron chi connectivity index (χ4n) is 1.46. The second-order valence-electron chi connectivity index (χ2n) is 4.43. The molecule has 1 aliphatic rings. The van der Waals surface area contributed by atoms with Gasteiger partial charge in [0.2, 0.25) is 0 Å². The van der Waals surface area contributed by atoms with Crippen LogP contribution in [-0.2, 0) is 9.53 Å². The lowest BCUT2D eigenvalue weighted by Gasteiger charge is -2.24. The molecule has 0 aliphatic carbocycles. The van der Waals surface area contributed by atoms with E-state index in [9.17, 15) is 4.79 Å². The minimum Gasteiger partial charge on any atom is -0.366 e. The highest BCUT2D eigenvalue weighted by Crippen LogP contribution is 1.96. The van der Waals surface area contributed by atoms with Gasteiger partial charge in [0.25, 0.3) is 5.91 Å². The molecule has 0 aromatic carbocycles. The SMILES string of the molecule is CC(C)N(C)CCNC(=O)C1CNCCO1.Cl.Cl. The molecule has 1 atom stereocenters. The Kier molecular flexibility index (Phi) is 12.2. The summed E-state index contributed by atoms with van der Waals surface area (Å²) in [5, 5.41) is 6.03. The summed E-state index contributed by atoms with van der Waals surface area (Å²) in [4.78, 5) is 13.8. The second kappa shape index (κ2) is 10.8. The maximum Gasteiger partial charge on any atom is 0.250 e. The van der Waals surface area contributed by atoms with Crippen LogP contribution in [0.15, 0.2) is 0 Å². The third-order valence-corrected chi connectivity index (χ3v) is 2.87.